The number of hydrogen-bond acceptors (Lipinski definition) is 4. The second-order valence-corrected chi connectivity index (χ2v) is 12.6. The van der Waals surface area contributed by atoms with Crippen molar-refractivity contribution in [2.75, 3.05) is 32.8 Å². The Balaban J connectivity index is 2.08. The summed E-state index contributed by atoms with van der Waals surface area (Å²) in [6.45, 7) is 9.18. The predicted octanol–water partition coefficient (Wildman–Crippen LogP) is 1.88. The minimum absolute atomic E-state index is 0.322. The molecule has 5 heteroatoms. The molecule has 0 aromatic carbocycles. The van der Waals surface area contributed by atoms with E-state index < -0.39 is 19.6 Å². The van der Waals surface area contributed by atoms with Crippen molar-refractivity contribution < 1.29 is 9.22 Å². The Hall–Kier alpha value is 0.639. The summed E-state index contributed by atoms with van der Waals surface area (Å²) in [5.41, 5.74) is 0. The molecule has 2 bridgehead atoms. The van der Waals surface area contributed by atoms with Gasteiger partial charge in [0.1, 0.15) is 0 Å². The van der Waals surface area contributed by atoms with E-state index in [0.29, 0.717) is 6.10 Å². The van der Waals surface area contributed by atoms with Gasteiger partial charge in [0.2, 0.25) is 0 Å². The van der Waals surface area contributed by atoms with Gasteiger partial charge in [0.05, 0.1) is 0 Å². The van der Waals surface area contributed by atoms with Gasteiger partial charge in [-0.2, -0.15) is 0 Å². The molecule has 4 nitrogen and oxygen atoms in total. The molecule has 3 heterocycles. The predicted molar refractivity (Wildman–Crippen MR) is 69.0 cm³/mol. The SMILES string of the molecule is CCC[CH2][Sn]12[O]CCN(CC[O]1)CC(CC)[O]2. The van der Waals surface area contributed by atoms with Gasteiger partial charge < -0.3 is 0 Å². The molecule has 0 amide bonds. The third-order valence-corrected chi connectivity index (χ3v) is 12.0. The van der Waals surface area contributed by atoms with Crippen LogP contribution < -0.4 is 0 Å². The van der Waals surface area contributed by atoms with Crippen molar-refractivity contribution >= 4 is 19.6 Å². The van der Waals surface area contributed by atoms with Gasteiger partial charge in [-0.1, -0.05) is 0 Å². The Labute approximate surface area is 110 Å². The van der Waals surface area contributed by atoms with Crippen LogP contribution in [0.1, 0.15) is 33.1 Å². The molecular formula is C12H25NO3Sn. The maximum absolute atomic E-state index is 6.32. The fraction of sp³-hybridized carbons (Fsp3) is 1.00. The zero-order chi connectivity index (χ0) is 12.1. The van der Waals surface area contributed by atoms with Gasteiger partial charge >= 0.3 is 110 Å². The van der Waals surface area contributed by atoms with Gasteiger partial charge in [-0.25, -0.2) is 0 Å². The van der Waals surface area contributed by atoms with Gasteiger partial charge in [-0.05, 0) is 0 Å². The first-order chi connectivity index (χ1) is 8.28. The molecule has 1 unspecified atom stereocenters. The standard InChI is InChI=1S/C8H16NO3.C4H9.Sn/c1-2-8(12)7-9(3-5-10)4-6-11;1-3-4-2;/h8H,2-7H2,1H3;1,3-4H2,2H3;/q-3;;+3. The van der Waals surface area contributed by atoms with Crippen LogP contribution in [0.25, 0.3) is 0 Å². The molecule has 3 saturated heterocycles. The maximum atomic E-state index is 6.32. The van der Waals surface area contributed by atoms with Crippen molar-refractivity contribution in [1.82, 2.24) is 4.90 Å². The van der Waals surface area contributed by atoms with Gasteiger partial charge in [-0.3, -0.25) is 0 Å². The molecule has 3 aliphatic rings. The van der Waals surface area contributed by atoms with Crippen LogP contribution >= 0.6 is 0 Å². The average Bonchev–Trinajstić information content (AvgIpc) is 2.26. The van der Waals surface area contributed by atoms with E-state index in [4.69, 9.17) is 9.22 Å². The number of hydrogen-bond donors (Lipinski definition) is 0. The van der Waals surface area contributed by atoms with Crippen molar-refractivity contribution in [2.24, 2.45) is 0 Å². The zero-order valence-corrected chi connectivity index (χ0v) is 14.0. The average molecular weight is 350 g/mol. The molecule has 0 radical (unpaired) electrons. The Kier molecular flexibility index (Phi) is 5.54. The third kappa shape index (κ3) is 3.80. The van der Waals surface area contributed by atoms with Crippen molar-refractivity contribution in [1.29, 1.82) is 0 Å². The molecule has 0 spiro atoms. The van der Waals surface area contributed by atoms with E-state index in [1.165, 1.54) is 12.8 Å². The number of nitrogens with zero attached hydrogens (tertiary/aromatic N) is 1. The summed E-state index contributed by atoms with van der Waals surface area (Å²) in [7, 11) is 0. The topological polar surface area (TPSA) is 30.9 Å². The molecule has 100 valence electrons. The number of rotatable bonds is 4. The van der Waals surface area contributed by atoms with E-state index in [1.807, 2.05) is 0 Å². The van der Waals surface area contributed by atoms with Crippen LogP contribution in [0.4, 0.5) is 0 Å². The first-order valence-electron chi connectivity index (χ1n) is 6.96. The molecule has 0 aromatic heterocycles. The molecule has 0 N–H and O–H groups in total. The minimum atomic E-state index is -3.18. The Morgan fingerprint density at radius 3 is 2.47 bits per heavy atom. The summed E-state index contributed by atoms with van der Waals surface area (Å²) in [5.74, 6) is 0. The summed E-state index contributed by atoms with van der Waals surface area (Å²) in [6.07, 6.45) is 3.75. The molecule has 0 saturated carbocycles. The molecule has 3 fully saturated rings. The molecule has 1 atom stereocenters. The van der Waals surface area contributed by atoms with Crippen LogP contribution in [0.5, 0.6) is 0 Å². The van der Waals surface area contributed by atoms with E-state index in [1.54, 1.807) is 0 Å². The van der Waals surface area contributed by atoms with E-state index >= 15 is 0 Å². The van der Waals surface area contributed by atoms with Crippen LogP contribution in [-0.4, -0.2) is 63.5 Å². The van der Waals surface area contributed by atoms with Crippen LogP contribution in [0.15, 0.2) is 0 Å². The molecule has 17 heavy (non-hydrogen) atoms. The second kappa shape index (κ2) is 6.70. The number of unbranched alkanes of at least 4 members (excludes halogenated alkanes) is 1. The Morgan fingerprint density at radius 1 is 1.18 bits per heavy atom. The van der Waals surface area contributed by atoms with Gasteiger partial charge in [0.25, 0.3) is 0 Å². The van der Waals surface area contributed by atoms with E-state index in [-0.39, 0.29) is 0 Å². The summed E-state index contributed by atoms with van der Waals surface area (Å²) in [5, 5.41) is 0. The van der Waals surface area contributed by atoms with Crippen LogP contribution in [0.3, 0.4) is 0 Å². The molecule has 3 rings (SSSR count). The summed E-state index contributed by atoms with van der Waals surface area (Å²) < 4.78 is 19.6. The normalized spacial score (nSPS) is 38.5. The molecule has 3 aliphatic heterocycles. The van der Waals surface area contributed by atoms with Crippen molar-refractivity contribution in [3.8, 4) is 0 Å². The van der Waals surface area contributed by atoms with Gasteiger partial charge in [0.15, 0.2) is 0 Å². The quantitative estimate of drug-likeness (QED) is 0.725. The first kappa shape index (κ1) is 14.1. The molecule has 0 aromatic rings. The molecular weight excluding hydrogens is 325 g/mol. The Morgan fingerprint density at radius 2 is 1.88 bits per heavy atom. The van der Waals surface area contributed by atoms with Gasteiger partial charge in [-0.15, -0.1) is 0 Å². The van der Waals surface area contributed by atoms with E-state index in [2.05, 4.69) is 18.7 Å². The second-order valence-electron chi connectivity index (χ2n) is 4.93. The monoisotopic (exact) mass is 351 g/mol. The summed E-state index contributed by atoms with van der Waals surface area (Å²) >= 11 is -3.18. The third-order valence-electron chi connectivity index (χ3n) is 3.56. The van der Waals surface area contributed by atoms with Crippen LogP contribution in [0.2, 0.25) is 4.44 Å². The first-order valence-corrected chi connectivity index (χ1v) is 12.5. The summed E-state index contributed by atoms with van der Waals surface area (Å²) in [6, 6.07) is 0. The zero-order valence-electron chi connectivity index (χ0n) is 11.1. The van der Waals surface area contributed by atoms with Crippen molar-refractivity contribution in [2.45, 2.75) is 43.7 Å². The fourth-order valence-corrected chi connectivity index (χ4v) is 10.9. The number of fused-ring (bicyclic) bond motifs is 6. The summed E-state index contributed by atoms with van der Waals surface area (Å²) in [4.78, 5) is 2.41. The Bertz CT molecular complexity index is 224. The molecule has 0 aliphatic carbocycles. The van der Waals surface area contributed by atoms with E-state index in [0.717, 1.165) is 43.7 Å². The van der Waals surface area contributed by atoms with Crippen LogP contribution in [0, 0.1) is 0 Å². The van der Waals surface area contributed by atoms with Gasteiger partial charge in [0, 0.05) is 0 Å². The van der Waals surface area contributed by atoms with Crippen LogP contribution in [-0.2, 0) is 9.22 Å². The van der Waals surface area contributed by atoms with Crippen molar-refractivity contribution in [3.63, 3.8) is 0 Å². The van der Waals surface area contributed by atoms with Crippen molar-refractivity contribution in [3.05, 3.63) is 0 Å². The fourth-order valence-electron chi connectivity index (χ4n) is 2.45. The van der Waals surface area contributed by atoms with E-state index in [9.17, 15) is 0 Å².